The highest BCUT2D eigenvalue weighted by atomic mass is 16.5. The number of rotatable bonds is 8. The maximum atomic E-state index is 12.6. The van der Waals surface area contributed by atoms with Crippen molar-refractivity contribution in [1.29, 1.82) is 0 Å². The number of hydrogen-bond donors (Lipinski definition) is 1. The van der Waals surface area contributed by atoms with Gasteiger partial charge in [-0.3, -0.25) is 4.79 Å². The molecule has 2 rings (SSSR count). The second-order valence-corrected chi connectivity index (χ2v) is 6.16. The molecule has 1 amide bonds. The van der Waals surface area contributed by atoms with Gasteiger partial charge in [-0.2, -0.15) is 0 Å². The van der Waals surface area contributed by atoms with Gasteiger partial charge in [-0.1, -0.05) is 6.07 Å². The number of carbonyl (C=O) groups is 1. The monoisotopic (exact) mass is 361 g/mol. The Morgan fingerprint density at radius 1 is 1.12 bits per heavy atom. The molecule has 1 heterocycles. The van der Waals surface area contributed by atoms with Crippen LogP contribution in [0.5, 0.6) is 11.5 Å². The summed E-state index contributed by atoms with van der Waals surface area (Å²) in [5.74, 6) is 2.50. The van der Waals surface area contributed by atoms with E-state index in [1.165, 1.54) is 0 Å². The van der Waals surface area contributed by atoms with Crippen molar-refractivity contribution in [1.82, 2.24) is 5.32 Å². The first kappa shape index (κ1) is 19.8. The smallest absolute Gasteiger partial charge is 0.255 e. The SMILES string of the molecule is COCCOc1ccc([C@H](C)NC(=O)c2c(C)oc(C)c2C)cc1OC. The maximum Gasteiger partial charge on any atom is 0.255 e. The number of aryl methyl sites for hydroxylation is 2. The molecule has 0 radical (unpaired) electrons. The molecule has 0 saturated carbocycles. The van der Waals surface area contributed by atoms with Crippen LogP contribution in [0, 0.1) is 20.8 Å². The topological polar surface area (TPSA) is 69.9 Å². The lowest BCUT2D eigenvalue weighted by molar-refractivity contribution is 0.0937. The van der Waals surface area contributed by atoms with Crippen molar-refractivity contribution in [3.05, 3.63) is 46.4 Å². The van der Waals surface area contributed by atoms with E-state index in [9.17, 15) is 4.79 Å². The van der Waals surface area contributed by atoms with E-state index in [4.69, 9.17) is 18.6 Å². The molecular formula is C20H27NO5. The minimum absolute atomic E-state index is 0.149. The Morgan fingerprint density at radius 3 is 2.42 bits per heavy atom. The fraction of sp³-hybridized carbons (Fsp3) is 0.450. The molecule has 142 valence electrons. The number of hydrogen-bond acceptors (Lipinski definition) is 5. The quantitative estimate of drug-likeness (QED) is 0.726. The van der Waals surface area contributed by atoms with Crippen LogP contribution in [-0.4, -0.2) is 33.3 Å². The number of methoxy groups -OCH3 is 2. The van der Waals surface area contributed by atoms with Crippen LogP contribution in [0.2, 0.25) is 0 Å². The lowest BCUT2D eigenvalue weighted by Gasteiger charge is -2.17. The summed E-state index contributed by atoms with van der Waals surface area (Å²) < 4.78 is 21.6. The number of nitrogens with one attached hydrogen (secondary N) is 1. The van der Waals surface area contributed by atoms with Gasteiger partial charge in [0.05, 0.1) is 25.3 Å². The molecule has 0 saturated heterocycles. The van der Waals surface area contributed by atoms with Gasteiger partial charge in [-0.15, -0.1) is 0 Å². The molecule has 0 bridgehead atoms. The normalized spacial score (nSPS) is 11.9. The lowest BCUT2D eigenvalue weighted by atomic mass is 10.1. The zero-order valence-corrected chi connectivity index (χ0v) is 16.3. The molecule has 6 nitrogen and oxygen atoms in total. The van der Waals surface area contributed by atoms with Gasteiger partial charge in [0.2, 0.25) is 0 Å². The predicted molar refractivity (Wildman–Crippen MR) is 99.2 cm³/mol. The summed E-state index contributed by atoms with van der Waals surface area (Å²) >= 11 is 0. The molecular weight excluding hydrogens is 334 g/mol. The van der Waals surface area contributed by atoms with E-state index < -0.39 is 0 Å². The van der Waals surface area contributed by atoms with E-state index in [0.29, 0.717) is 36.0 Å². The second-order valence-electron chi connectivity index (χ2n) is 6.16. The maximum absolute atomic E-state index is 12.6. The fourth-order valence-electron chi connectivity index (χ4n) is 2.79. The zero-order valence-electron chi connectivity index (χ0n) is 16.3. The first-order valence-corrected chi connectivity index (χ1v) is 8.56. The number of ether oxygens (including phenoxy) is 3. The van der Waals surface area contributed by atoms with Crippen LogP contribution >= 0.6 is 0 Å². The second kappa shape index (κ2) is 8.76. The highest BCUT2D eigenvalue weighted by molar-refractivity contribution is 5.97. The highest BCUT2D eigenvalue weighted by Crippen LogP contribution is 2.30. The van der Waals surface area contributed by atoms with Gasteiger partial charge in [-0.25, -0.2) is 0 Å². The van der Waals surface area contributed by atoms with Gasteiger partial charge in [0.25, 0.3) is 5.91 Å². The van der Waals surface area contributed by atoms with E-state index in [1.807, 2.05) is 39.0 Å². The molecule has 1 N–H and O–H groups in total. The Bertz CT molecular complexity index is 766. The number of benzene rings is 1. The average Bonchev–Trinajstić information content (AvgIpc) is 2.87. The van der Waals surface area contributed by atoms with Crippen LogP contribution in [0.3, 0.4) is 0 Å². The molecule has 6 heteroatoms. The van der Waals surface area contributed by atoms with E-state index in [0.717, 1.165) is 16.9 Å². The van der Waals surface area contributed by atoms with Crippen LogP contribution in [0.15, 0.2) is 22.6 Å². The van der Waals surface area contributed by atoms with Crippen molar-refractivity contribution in [2.45, 2.75) is 33.7 Å². The summed E-state index contributed by atoms with van der Waals surface area (Å²) in [5, 5.41) is 3.02. The summed E-state index contributed by atoms with van der Waals surface area (Å²) in [6.45, 7) is 8.41. The molecule has 0 fully saturated rings. The zero-order chi connectivity index (χ0) is 19.3. The van der Waals surface area contributed by atoms with Crippen LogP contribution < -0.4 is 14.8 Å². The van der Waals surface area contributed by atoms with Crippen LogP contribution in [-0.2, 0) is 4.74 Å². The third-order valence-corrected chi connectivity index (χ3v) is 4.37. The highest BCUT2D eigenvalue weighted by Gasteiger charge is 2.21. The Kier molecular flexibility index (Phi) is 6.69. The molecule has 1 aromatic carbocycles. The molecule has 26 heavy (non-hydrogen) atoms. The Balaban J connectivity index is 2.13. The lowest BCUT2D eigenvalue weighted by Crippen LogP contribution is -2.27. The summed E-state index contributed by atoms with van der Waals surface area (Å²) in [6, 6.07) is 5.42. The van der Waals surface area contributed by atoms with Crippen LogP contribution in [0.1, 0.15) is 46.0 Å². The van der Waals surface area contributed by atoms with E-state index >= 15 is 0 Å². The van der Waals surface area contributed by atoms with Crippen LogP contribution in [0.25, 0.3) is 0 Å². The average molecular weight is 361 g/mol. The largest absolute Gasteiger partial charge is 0.493 e. The Morgan fingerprint density at radius 2 is 1.85 bits per heavy atom. The predicted octanol–water partition coefficient (Wildman–Crippen LogP) is 3.73. The summed E-state index contributed by atoms with van der Waals surface area (Å²) in [7, 11) is 3.21. The van der Waals surface area contributed by atoms with Gasteiger partial charge >= 0.3 is 0 Å². The summed E-state index contributed by atoms with van der Waals surface area (Å²) in [4.78, 5) is 12.6. The van der Waals surface area contributed by atoms with Crippen molar-refractivity contribution in [3.8, 4) is 11.5 Å². The van der Waals surface area contributed by atoms with E-state index in [1.54, 1.807) is 21.1 Å². The molecule has 1 aromatic heterocycles. The van der Waals surface area contributed by atoms with E-state index in [-0.39, 0.29) is 11.9 Å². The number of furan rings is 1. The molecule has 0 aliphatic carbocycles. The van der Waals surface area contributed by atoms with Crippen molar-refractivity contribution < 1.29 is 23.4 Å². The standard InChI is InChI=1S/C20H27NO5/c1-12-14(3)26-15(4)19(12)20(22)21-13(2)16-7-8-17(18(11-16)24-6)25-10-9-23-5/h7-8,11,13H,9-10H2,1-6H3,(H,21,22)/t13-/m0/s1. The minimum atomic E-state index is -0.196. The van der Waals surface area contributed by atoms with Crippen molar-refractivity contribution in [2.24, 2.45) is 0 Å². The van der Waals surface area contributed by atoms with E-state index in [2.05, 4.69) is 5.32 Å². The molecule has 0 aliphatic heterocycles. The summed E-state index contributed by atoms with van der Waals surface area (Å²) in [6.07, 6.45) is 0. The molecule has 0 spiro atoms. The number of carbonyl (C=O) groups excluding carboxylic acids is 1. The van der Waals surface area contributed by atoms with Crippen molar-refractivity contribution in [2.75, 3.05) is 27.4 Å². The van der Waals surface area contributed by atoms with Gasteiger partial charge in [-0.05, 0) is 45.4 Å². The third kappa shape index (κ3) is 4.38. The molecule has 2 aromatic rings. The molecule has 0 unspecified atom stereocenters. The van der Waals surface area contributed by atoms with Crippen LogP contribution in [0.4, 0.5) is 0 Å². The first-order chi connectivity index (χ1) is 12.4. The van der Waals surface area contributed by atoms with Crippen molar-refractivity contribution in [3.63, 3.8) is 0 Å². The fourth-order valence-corrected chi connectivity index (χ4v) is 2.79. The molecule has 1 atom stereocenters. The number of amides is 1. The third-order valence-electron chi connectivity index (χ3n) is 4.37. The van der Waals surface area contributed by atoms with Gasteiger partial charge in [0, 0.05) is 12.7 Å². The van der Waals surface area contributed by atoms with Crippen molar-refractivity contribution >= 4 is 5.91 Å². The Labute approximate surface area is 154 Å². The Hall–Kier alpha value is -2.47. The summed E-state index contributed by atoms with van der Waals surface area (Å²) in [5.41, 5.74) is 2.39. The molecule has 0 aliphatic rings. The van der Waals surface area contributed by atoms with Gasteiger partial charge < -0.3 is 23.9 Å². The first-order valence-electron chi connectivity index (χ1n) is 8.56. The van der Waals surface area contributed by atoms with Gasteiger partial charge in [0.15, 0.2) is 11.5 Å². The minimum Gasteiger partial charge on any atom is -0.493 e. The van der Waals surface area contributed by atoms with Gasteiger partial charge in [0.1, 0.15) is 18.1 Å².